The standard InChI is InChI=1S/C23H23N3O3/c1-2-13-29-21-10-8-18(9-11-21)22(27)25-15-17-5-3-7-20(14-17)26-23(28)19-6-4-12-24-16-19/h3-12,14,16H,2,13,15H2,1H3,(H,25,27)(H,26,28). The summed E-state index contributed by atoms with van der Waals surface area (Å²) < 4.78 is 5.53. The largest absolute Gasteiger partial charge is 0.494 e. The van der Waals surface area contributed by atoms with Crippen LogP contribution in [0.2, 0.25) is 0 Å². The molecule has 0 bridgehead atoms. The Labute approximate surface area is 169 Å². The Bertz CT molecular complexity index is 957. The van der Waals surface area contributed by atoms with Gasteiger partial charge in [0.2, 0.25) is 0 Å². The predicted molar refractivity (Wildman–Crippen MR) is 112 cm³/mol. The molecular weight excluding hydrogens is 366 g/mol. The average molecular weight is 389 g/mol. The number of hydrogen-bond donors (Lipinski definition) is 2. The first-order valence-electron chi connectivity index (χ1n) is 9.47. The second kappa shape index (κ2) is 10.0. The fraction of sp³-hybridized carbons (Fsp3) is 0.174. The molecule has 0 unspecified atom stereocenters. The lowest BCUT2D eigenvalue weighted by molar-refractivity contribution is 0.0950. The van der Waals surface area contributed by atoms with E-state index < -0.39 is 0 Å². The van der Waals surface area contributed by atoms with E-state index in [4.69, 9.17) is 4.74 Å². The van der Waals surface area contributed by atoms with E-state index in [2.05, 4.69) is 15.6 Å². The maximum absolute atomic E-state index is 12.4. The third-order valence-electron chi connectivity index (χ3n) is 4.15. The van der Waals surface area contributed by atoms with Crippen molar-refractivity contribution in [2.24, 2.45) is 0 Å². The van der Waals surface area contributed by atoms with Crippen molar-refractivity contribution in [2.75, 3.05) is 11.9 Å². The van der Waals surface area contributed by atoms with Crippen molar-refractivity contribution < 1.29 is 14.3 Å². The summed E-state index contributed by atoms with van der Waals surface area (Å²) in [7, 11) is 0. The molecule has 0 atom stereocenters. The van der Waals surface area contributed by atoms with Crippen LogP contribution in [0.25, 0.3) is 0 Å². The van der Waals surface area contributed by atoms with Gasteiger partial charge in [0.1, 0.15) is 5.75 Å². The monoisotopic (exact) mass is 389 g/mol. The van der Waals surface area contributed by atoms with E-state index in [1.54, 1.807) is 48.7 Å². The highest BCUT2D eigenvalue weighted by molar-refractivity contribution is 6.04. The molecular formula is C23H23N3O3. The predicted octanol–water partition coefficient (Wildman–Crippen LogP) is 4.05. The number of carbonyl (C=O) groups excluding carboxylic acids is 2. The van der Waals surface area contributed by atoms with Crippen LogP contribution in [0.3, 0.4) is 0 Å². The minimum absolute atomic E-state index is 0.170. The molecule has 148 valence electrons. The van der Waals surface area contributed by atoms with E-state index in [1.165, 1.54) is 6.20 Å². The summed E-state index contributed by atoms with van der Waals surface area (Å²) in [4.78, 5) is 28.5. The van der Waals surface area contributed by atoms with Crippen LogP contribution in [0.15, 0.2) is 73.1 Å². The number of nitrogens with one attached hydrogen (secondary N) is 2. The van der Waals surface area contributed by atoms with Gasteiger partial charge < -0.3 is 15.4 Å². The van der Waals surface area contributed by atoms with Crippen LogP contribution >= 0.6 is 0 Å². The number of hydrogen-bond acceptors (Lipinski definition) is 4. The SMILES string of the molecule is CCCOc1ccc(C(=O)NCc2cccc(NC(=O)c3cccnc3)c2)cc1. The van der Waals surface area contributed by atoms with Crippen molar-refractivity contribution >= 4 is 17.5 Å². The van der Waals surface area contributed by atoms with Crippen LogP contribution in [0.1, 0.15) is 39.6 Å². The summed E-state index contributed by atoms with van der Waals surface area (Å²) in [6.07, 6.45) is 4.06. The van der Waals surface area contributed by atoms with E-state index in [0.29, 0.717) is 30.0 Å². The second-order valence-electron chi connectivity index (χ2n) is 6.45. The van der Waals surface area contributed by atoms with Crippen molar-refractivity contribution in [3.8, 4) is 5.75 Å². The molecule has 3 aromatic rings. The molecule has 29 heavy (non-hydrogen) atoms. The molecule has 1 heterocycles. The Morgan fingerprint density at radius 1 is 0.966 bits per heavy atom. The average Bonchev–Trinajstić information content (AvgIpc) is 2.77. The number of aromatic nitrogens is 1. The van der Waals surface area contributed by atoms with Crippen LogP contribution < -0.4 is 15.4 Å². The molecule has 6 nitrogen and oxygen atoms in total. The zero-order valence-electron chi connectivity index (χ0n) is 16.2. The highest BCUT2D eigenvalue weighted by Gasteiger charge is 2.08. The van der Waals surface area contributed by atoms with Gasteiger partial charge in [0.15, 0.2) is 0 Å². The summed E-state index contributed by atoms with van der Waals surface area (Å²) in [5.41, 5.74) is 2.58. The van der Waals surface area contributed by atoms with Gasteiger partial charge in [0.25, 0.3) is 11.8 Å². The number of rotatable bonds is 8. The number of amides is 2. The topological polar surface area (TPSA) is 80.3 Å². The Morgan fingerprint density at radius 3 is 2.52 bits per heavy atom. The second-order valence-corrected chi connectivity index (χ2v) is 6.45. The van der Waals surface area contributed by atoms with Crippen LogP contribution in [-0.4, -0.2) is 23.4 Å². The Balaban J connectivity index is 1.56. The maximum atomic E-state index is 12.4. The summed E-state index contributed by atoms with van der Waals surface area (Å²) >= 11 is 0. The summed E-state index contributed by atoms with van der Waals surface area (Å²) in [6, 6.07) is 17.8. The van der Waals surface area contributed by atoms with E-state index >= 15 is 0 Å². The zero-order chi connectivity index (χ0) is 20.5. The van der Waals surface area contributed by atoms with Crippen LogP contribution in [0.5, 0.6) is 5.75 Å². The number of nitrogens with zero attached hydrogens (tertiary/aromatic N) is 1. The van der Waals surface area contributed by atoms with Gasteiger partial charge in [0, 0.05) is 30.2 Å². The van der Waals surface area contributed by atoms with Gasteiger partial charge in [-0.25, -0.2) is 0 Å². The molecule has 0 spiro atoms. The lowest BCUT2D eigenvalue weighted by Crippen LogP contribution is -2.22. The van der Waals surface area contributed by atoms with Gasteiger partial charge in [-0.05, 0) is 60.5 Å². The van der Waals surface area contributed by atoms with Gasteiger partial charge >= 0.3 is 0 Å². The minimum Gasteiger partial charge on any atom is -0.494 e. The Morgan fingerprint density at radius 2 is 1.79 bits per heavy atom. The lowest BCUT2D eigenvalue weighted by Gasteiger charge is -2.09. The zero-order valence-corrected chi connectivity index (χ0v) is 16.2. The molecule has 0 aliphatic rings. The third kappa shape index (κ3) is 5.90. The van der Waals surface area contributed by atoms with E-state index in [9.17, 15) is 9.59 Å². The fourth-order valence-corrected chi connectivity index (χ4v) is 2.67. The minimum atomic E-state index is -0.232. The van der Waals surface area contributed by atoms with Crippen molar-refractivity contribution in [1.82, 2.24) is 10.3 Å². The van der Waals surface area contributed by atoms with Crippen molar-refractivity contribution in [3.05, 3.63) is 89.7 Å². The van der Waals surface area contributed by atoms with Crippen LogP contribution in [0, 0.1) is 0 Å². The molecule has 2 N–H and O–H groups in total. The van der Waals surface area contributed by atoms with Gasteiger partial charge in [-0.2, -0.15) is 0 Å². The van der Waals surface area contributed by atoms with Crippen molar-refractivity contribution in [2.45, 2.75) is 19.9 Å². The lowest BCUT2D eigenvalue weighted by atomic mass is 10.1. The molecule has 0 radical (unpaired) electrons. The quantitative estimate of drug-likeness (QED) is 0.609. The molecule has 0 fully saturated rings. The van der Waals surface area contributed by atoms with E-state index in [0.717, 1.165) is 17.7 Å². The van der Waals surface area contributed by atoms with Crippen LogP contribution in [0.4, 0.5) is 5.69 Å². The number of pyridine rings is 1. The number of carbonyl (C=O) groups is 2. The molecule has 2 amide bonds. The van der Waals surface area contributed by atoms with E-state index in [1.807, 2.05) is 25.1 Å². The van der Waals surface area contributed by atoms with Gasteiger partial charge in [-0.1, -0.05) is 19.1 Å². The molecule has 0 saturated carbocycles. The first-order chi connectivity index (χ1) is 14.2. The Kier molecular flexibility index (Phi) is 6.95. The summed E-state index contributed by atoms with van der Waals surface area (Å²) in [5, 5.41) is 5.72. The van der Waals surface area contributed by atoms with Crippen LogP contribution in [-0.2, 0) is 6.54 Å². The Hall–Kier alpha value is -3.67. The van der Waals surface area contributed by atoms with Gasteiger partial charge in [-0.15, -0.1) is 0 Å². The highest BCUT2D eigenvalue weighted by Crippen LogP contribution is 2.14. The molecule has 3 rings (SSSR count). The van der Waals surface area contributed by atoms with Gasteiger partial charge in [0.05, 0.1) is 12.2 Å². The fourth-order valence-electron chi connectivity index (χ4n) is 2.67. The smallest absolute Gasteiger partial charge is 0.257 e. The number of benzene rings is 2. The molecule has 6 heteroatoms. The summed E-state index contributed by atoms with van der Waals surface area (Å²) in [5.74, 6) is 0.349. The maximum Gasteiger partial charge on any atom is 0.257 e. The number of ether oxygens (including phenoxy) is 1. The normalized spacial score (nSPS) is 10.2. The highest BCUT2D eigenvalue weighted by atomic mass is 16.5. The third-order valence-corrected chi connectivity index (χ3v) is 4.15. The van der Waals surface area contributed by atoms with E-state index in [-0.39, 0.29) is 11.8 Å². The molecule has 2 aromatic carbocycles. The first-order valence-corrected chi connectivity index (χ1v) is 9.47. The first kappa shape index (κ1) is 20.1. The number of anilines is 1. The summed E-state index contributed by atoms with van der Waals surface area (Å²) in [6.45, 7) is 3.05. The van der Waals surface area contributed by atoms with Crippen molar-refractivity contribution in [3.63, 3.8) is 0 Å². The molecule has 0 saturated heterocycles. The van der Waals surface area contributed by atoms with Crippen molar-refractivity contribution in [1.29, 1.82) is 0 Å². The van der Waals surface area contributed by atoms with Gasteiger partial charge in [-0.3, -0.25) is 14.6 Å². The molecule has 0 aliphatic carbocycles. The molecule has 0 aliphatic heterocycles. The molecule has 1 aromatic heterocycles.